The molecule has 0 atom stereocenters. The van der Waals surface area contributed by atoms with E-state index in [0.717, 1.165) is 12.1 Å². The van der Waals surface area contributed by atoms with E-state index in [2.05, 4.69) is 0 Å². The summed E-state index contributed by atoms with van der Waals surface area (Å²) in [4.78, 5) is 38.4. The Kier molecular flexibility index (Phi) is 5.76. The minimum Gasteiger partial charge on any atom is -0.294 e. The first kappa shape index (κ1) is 22.3. The number of hydrogen-bond acceptors (Lipinski definition) is 3. The summed E-state index contributed by atoms with van der Waals surface area (Å²) in [6.07, 6.45) is -4.40. The molecule has 4 rings (SSSR count). The molecule has 33 heavy (non-hydrogen) atoms. The quantitative estimate of drug-likeness (QED) is 0.408. The molecule has 0 aliphatic carbocycles. The van der Waals surface area contributed by atoms with Crippen molar-refractivity contribution in [2.24, 2.45) is 0 Å². The molecule has 0 saturated heterocycles. The summed E-state index contributed by atoms with van der Waals surface area (Å²) in [6, 6.07) is 17.4. The lowest BCUT2D eigenvalue weighted by Crippen LogP contribution is -2.40. The van der Waals surface area contributed by atoms with Gasteiger partial charge in [0.25, 0.3) is 5.56 Å². The van der Waals surface area contributed by atoms with E-state index in [1.54, 1.807) is 49.4 Å². The van der Waals surface area contributed by atoms with Gasteiger partial charge in [-0.1, -0.05) is 55.5 Å². The van der Waals surface area contributed by atoms with Crippen molar-refractivity contribution >= 4 is 16.7 Å². The van der Waals surface area contributed by atoms with E-state index in [4.69, 9.17) is 0 Å². The van der Waals surface area contributed by atoms with Crippen LogP contribution in [0.15, 0.2) is 82.4 Å². The van der Waals surface area contributed by atoms with Crippen LogP contribution in [0, 0.1) is 0 Å². The van der Waals surface area contributed by atoms with Gasteiger partial charge in [0.1, 0.15) is 0 Å². The lowest BCUT2D eigenvalue weighted by Gasteiger charge is -2.17. The fraction of sp³-hybridized carbons (Fsp3) is 0.160. The summed E-state index contributed by atoms with van der Waals surface area (Å²) in [5.74, 6) is -0.0264. The van der Waals surface area contributed by atoms with E-state index in [1.165, 1.54) is 22.8 Å². The summed E-state index contributed by atoms with van der Waals surface area (Å²) in [7, 11) is 0. The summed E-state index contributed by atoms with van der Waals surface area (Å²) in [5, 5.41) is 0.117. The van der Waals surface area contributed by atoms with Gasteiger partial charge in [-0.15, -0.1) is 0 Å². The molecule has 4 aromatic rings. The number of carbonyl (C=O) groups excluding carboxylic acids is 1. The third-order valence-electron chi connectivity index (χ3n) is 5.44. The molecule has 0 aliphatic heterocycles. The highest BCUT2D eigenvalue weighted by molar-refractivity contribution is 5.95. The Balaban J connectivity index is 1.95. The highest BCUT2D eigenvalue weighted by Gasteiger charge is 2.34. The molecule has 1 aromatic heterocycles. The lowest BCUT2D eigenvalue weighted by atomic mass is 10.1. The predicted octanol–water partition coefficient (Wildman–Crippen LogP) is 4.81. The number of ketones is 1. The van der Waals surface area contributed by atoms with Crippen molar-refractivity contribution in [2.45, 2.75) is 26.1 Å². The Labute approximate surface area is 186 Å². The Morgan fingerprint density at radius 2 is 1.52 bits per heavy atom. The average molecular weight is 452 g/mol. The predicted molar refractivity (Wildman–Crippen MR) is 119 cm³/mol. The largest absolute Gasteiger partial charge is 0.418 e. The van der Waals surface area contributed by atoms with E-state index in [0.29, 0.717) is 27.6 Å². The topological polar surface area (TPSA) is 61.1 Å². The fourth-order valence-electron chi connectivity index (χ4n) is 3.78. The van der Waals surface area contributed by atoms with E-state index in [9.17, 15) is 27.6 Å². The Morgan fingerprint density at radius 3 is 2.18 bits per heavy atom. The molecule has 0 N–H and O–H groups in total. The molecule has 0 aliphatic rings. The van der Waals surface area contributed by atoms with Crippen LogP contribution in [0.25, 0.3) is 16.6 Å². The van der Waals surface area contributed by atoms with E-state index in [1.807, 2.05) is 0 Å². The van der Waals surface area contributed by atoms with Crippen LogP contribution >= 0.6 is 0 Å². The number of fused-ring (bicyclic) bond motifs is 1. The van der Waals surface area contributed by atoms with Crippen LogP contribution in [0.2, 0.25) is 0 Å². The van der Waals surface area contributed by atoms with Crippen molar-refractivity contribution < 1.29 is 18.0 Å². The smallest absolute Gasteiger partial charge is 0.294 e. The summed E-state index contributed by atoms with van der Waals surface area (Å²) in [6.45, 7) is 1.76. The molecule has 0 amide bonds. The Bertz CT molecular complexity index is 1470. The molecule has 8 heteroatoms. The number of rotatable bonds is 5. The number of hydrogen-bond donors (Lipinski definition) is 0. The molecule has 0 radical (unpaired) electrons. The second-order valence-corrected chi connectivity index (χ2v) is 7.51. The number of carbonyl (C=O) groups is 1. The van der Waals surface area contributed by atoms with Crippen molar-refractivity contribution in [3.05, 3.63) is 110 Å². The molecular weight excluding hydrogens is 433 g/mol. The standard InChI is InChI=1S/C25H19F3N2O3/c1-2-22(31)17-13-11-16(12-14-17)15-29-20-9-5-3-7-18(20)23(32)30(24(29)33)21-10-6-4-8-19(21)25(26,27)28/h3-14H,2,15H2,1H3. The van der Waals surface area contributed by atoms with Gasteiger partial charge < -0.3 is 0 Å². The number of alkyl halides is 3. The Hall–Kier alpha value is -3.94. The van der Waals surface area contributed by atoms with Crippen molar-refractivity contribution in [2.75, 3.05) is 0 Å². The van der Waals surface area contributed by atoms with Crippen LogP contribution in [0.3, 0.4) is 0 Å². The maximum absolute atomic E-state index is 13.6. The molecule has 0 fully saturated rings. The van der Waals surface area contributed by atoms with Crippen LogP contribution in [-0.2, 0) is 12.7 Å². The fourth-order valence-corrected chi connectivity index (χ4v) is 3.78. The van der Waals surface area contributed by atoms with Gasteiger partial charge in [-0.2, -0.15) is 13.2 Å². The zero-order valence-corrected chi connectivity index (χ0v) is 17.6. The average Bonchev–Trinajstić information content (AvgIpc) is 2.81. The molecule has 3 aromatic carbocycles. The van der Waals surface area contributed by atoms with Crippen LogP contribution < -0.4 is 11.2 Å². The maximum atomic E-state index is 13.6. The molecule has 168 valence electrons. The molecule has 0 bridgehead atoms. The molecule has 0 unspecified atom stereocenters. The molecule has 0 saturated carbocycles. The van der Waals surface area contributed by atoms with Crippen LogP contribution in [-0.4, -0.2) is 14.9 Å². The van der Waals surface area contributed by atoms with Gasteiger partial charge in [-0.05, 0) is 29.8 Å². The Morgan fingerprint density at radius 1 is 0.879 bits per heavy atom. The van der Waals surface area contributed by atoms with Gasteiger partial charge in [0, 0.05) is 12.0 Å². The van der Waals surface area contributed by atoms with E-state index in [-0.39, 0.29) is 17.7 Å². The van der Waals surface area contributed by atoms with Crippen molar-refractivity contribution in [3.63, 3.8) is 0 Å². The third kappa shape index (κ3) is 4.11. The number of para-hydroxylation sites is 2. The van der Waals surface area contributed by atoms with Gasteiger partial charge in [-0.25, -0.2) is 9.36 Å². The van der Waals surface area contributed by atoms with E-state index < -0.39 is 28.7 Å². The van der Waals surface area contributed by atoms with Crippen molar-refractivity contribution in [1.82, 2.24) is 9.13 Å². The normalized spacial score (nSPS) is 11.6. The van der Waals surface area contributed by atoms with E-state index >= 15 is 0 Å². The number of benzene rings is 3. The third-order valence-corrected chi connectivity index (χ3v) is 5.44. The van der Waals surface area contributed by atoms with Gasteiger partial charge in [0.2, 0.25) is 0 Å². The van der Waals surface area contributed by atoms with Gasteiger partial charge in [-0.3, -0.25) is 14.2 Å². The SMILES string of the molecule is CCC(=O)c1ccc(Cn2c(=O)n(-c3ccccc3C(F)(F)F)c(=O)c3ccccc32)cc1. The zero-order valence-electron chi connectivity index (χ0n) is 17.6. The first-order valence-electron chi connectivity index (χ1n) is 10.3. The van der Waals surface area contributed by atoms with Gasteiger partial charge >= 0.3 is 11.9 Å². The second-order valence-electron chi connectivity index (χ2n) is 7.51. The van der Waals surface area contributed by atoms with Crippen LogP contribution in [0.1, 0.15) is 34.8 Å². The molecule has 0 spiro atoms. The first-order valence-corrected chi connectivity index (χ1v) is 10.3. The number of Topliss-reactive ketones (excluding diaryl/α,β-unsaturated/α-hetero) is 1. The number of nitrogens with zero attached hydrogens (tertiary/aromatic N) is 2. The summed E-state index contributed by atoms with van der Waals surface area (Å²) >= 11 is 0. The van der Waals surface area contributed by atoms with Crippen molar-refractivity contribution in [1.29, 1.82) is 0 Å². The monoisotopic (exact) mass is 452 g/mol. The van der Waals surface area contributed by atoms with Crippen LogP contribution in [0.4, 0.5) is 13.2 Å². The van der Waals surface area contributed by atoms with Crippen LogP contribution in [0.5, 0.6) is 0 Å². The molecule has 5 nitrogen and oxygen atoms in total. The summed E-state index contributed by atoms with van der Waals surface area (Å²) < 4.78 is 42.8. The summed E-state index contributed by atoms with van der Waals surface area (Å²) in [5.41, 5.74) is -1.82. The number of halogens is 3. The highest BCUT2D eigenvalue weighted by Crippen LogP contribution is 2.33. The van der Waals surface area contributed by atoms with Crippen molar-refractivity contribution in [3.8, 4) is 5.69 Å². The zero-order chi connectivity index (χ0) is 23.8. The molecular formula is C25H19F3N2O3. The first-order chi connectivity index (χ1) is 15.7. The van der Waals surface area contributed by atoms with Gasteiger partial charge in [0.05, 0.1) is 28.7 Å². The lowest BCUT2D eigenvalue weighted by molar-refractivity contribution is -0.137. The molecule has 1 heterocycles. The second kappa shape index (κ2) is 8.54. The number of aromatic nitrogens is 2. The minimum absolute atomic E-state index is 0.00834. The van der Waals surface area contributed by atoms with Gasteiger partial charge in [0.15, 0.2) is 5.78 Å². The highest BCUT2D eigenvalue weighted by atomic mass is 19.4. The minimum atomic E-state index is -4.75. The maximum Gasteiger partial charge on any atom is 0.418 e.